The number of nitrogens with zero attached hydrogens (tertiary/aromatic N) is 1. The number of fused-ring (bicyclic) bond motifs is 1. The van der Waals surface area contributed by atoms with Crippen LogP contribution < -0.4 is 11.1 Å². The fourth-order valence-electron chi connectivity index (χ4n) is 2.59. The first kappa shape index (κ1) is 12.1. The molecule has 98 valence electrons. The highest BCUT2D eigenvalue weighted by molar-refractivity contribution is 5.81. The molecule has 1 aromatic heterocycles. The molecule has 0 aliphatic carbocycles. The molecule has 1 aromatic carbocycles. The number of hydrogen-bond donors (Lipinski definition) is 2. The van der Waals surface area contributed by atoms with Crippen molar-refractivity contribution in [3.8, 4) is 0 Å². The quantitative estimate of drug-likeness (QED) is 0.816. The van der Waals surface area contributed by atoms with Crippen molar-refractivity contribution in [3.05, 3.63) is 41.6 Å². The molecule has 0 spiro atoms. The second kappa shape index (κ2) is 4.63. The number of nitrogens with two attached hydrogens (primary N) is 1. The van der Waals surface area contributed by atoms with Gasteiger partial charge in [-0.15, -0.1) is 0 Å². The van der Waals surface area contributed by atoms with Crippen molar-refractivity contribution in [3.63, 3.8) is 0 Å². The van der Waals surface area contributed by atoms with Crippen molar-refractivity contribution in [1.82, 2.24) is 10.3 Å². The highest BCUT2D eigenvalue weighted by Crippen LogP contribution is 2.25. The Balaban J connectivity index is 2.00. The molecule has 1 saturated heterocycles. The van der Waals surface area contributed by atoms with Gasteiger partial charge in [-0.3, -0.25) is 9.78 Å². The van der Waals surface area contributed by atoms with Crippen LogP contribution in [0.15, 0.2) is 30.3 Å². The SMILES string of the molecule is Cc1ccc2cc(C3NC(=O)CCC3N)ccc2n1. The highest BCUT2D eigenvalue weighted by Gasteiger charge is 2.27. The predicted octanol–water partition coefficient (Wildman–Crippen LogP) is 1.82. The Hall–Kier alpha value is -1.94. The van der Waals surface area contributed by atoms with E-state index in [1.54, 1.807) is 0 Å². The van der Waals surface area contributed by atoms with Crippen LogP contribution in [0.4, 0.5) is 0 Å². The summed E-state index contributed by atoms with van der Waals surface area (Å²) in [7, 11) is 0. The van der Waals surface area contributed by atoms with E-state index in [4.69, 9.17) is 5.73 Å². The molecule has 4 nitrogen and oxygen atoms in total. The zero-order chi connectivity index (χ0) is 13.4. The first-order valence-electron chi connectivity index (χ1n) is 6.56. The lowest BCUT2D eigenvalue weighted by molar-refractivity contribution is -0.123. The smallest absolute Gasteiger partial charge is 0.220 e. The van der Waals surface area contributed by atoms with Crippen LogP contribution >= 0.6 is 0 Å². The number of carbonyl (C=O) groups is 1. The van der Waals surface area contributed by atoms with E-state index in [1.165, 1.54) is 0 Å². The van der Waals surface area contributed by atoms with Gasteiger partial charge in [0.1, 0.15) is 0 Å². The minimum atomic E-state index is -0.0908. The molecule has 1 aliphatic rings. The van der Waals surface area contributed by atoms with Crippen LogP contribution in [0.3, 0.4) is 0 Å². The van der Waals surface area contributed by atoms with Crippen LogP contribution in [0.2, 0.25) is 0 Å². The van der Waals surface area contributed by atoms with Gasteiger partial charge in [0, 0.05) is 23.5 Å². The zero-order valence-corrected chi connectivity index (χ0v) is 10.9. The van der Waals surface area contributed by atoms with Gasteiger partial charge in [-0.2, -0.15) is 0 Å². The van der Waals surface area contributed by atoms with Gasteiger partial charge in [0.25, 0.3) is 0 Å². The van der Waals surface area contributed by atoms with Crippen molar-refractivity contribution in [2.24, 2.45) is 5.73 Å². The van der Waals surface area contributed by atoms with Crippen LogP contribution in [0.5, 0.6) is 0 Å². The second-order valence-electron chi connectivity index (χ2n) is 5.15. The van der Waals surface area contributed by atoms with Gasteiger partial charge in [-0.1, -0.05) is 12.1 Å². The number of piperidine rings is 1. The summed E-state index contributed by atoms with van der Waals surface area (Å²) in [4.78, 5) is 16.0. The van der Waals surface area contributed by atoms with Gasteiger partial charge in [-0.25, -0.2) is 0 Å². The number of nitrogens with one attached hydrogen (secondary N) is 1. The third-order valence-electron chi connectivity index (χ3n) is 3.66. The summed E-state index contributed by atoms with van der Waals surface area (Å²) < 4.78 is 0. The van der Waals surface area contributed by atoms with Crippen molar-refractivity contribution >= 4 is 16.8 Å². The van der Waals surface area contributed by atoms with Crippen LogP contribution in [0.1, 0.15) is 30.1 Å². The van der Waals surface area contributed by atoms with E-state index in [-0.39, 0.29) is 18.0 Å². The lowest BCUT2D eigenvalue weighted by atomic mass is 9.92. The Labute approximate surface area is 112 Å². The summed E-state index contributed by atoms with van der Waals surface area (Å²) in [6, 6.07) is 10.00. The molecule has 3 N–H and O–H groups in total. The number of hydrogen-bond acceptors (Lipinski definition) is 3. The van der Waals surface area contributed by atoms with Gasteiger partial charge in [0.2, 0.25) is 5.91 Å². The standard InChI is InChI=1S/C15H17N3O/c1-9-2-3-10-8-11(4-6-13(10)17-9)15-12(16)5-7-14(19)18-15/h2-4,6,8,12,15H,5,7,16H2,1H3,(H,18,19). The molecule has 1 aliphatic heterocycles. The molecule has 19 heavy (non-hydrogen) atoms. The number of carbonyl (C=O) groups excluding carboxylic acids is 1. The fraction of sp³-hybridized carbons (Fsp3) is 0.333. The molecular formula is C15H17N3O. The molecule has 2 unspecified atom stereocenters. The molecular weight excluding hydrogens is 238 g/mol. The van der Waals surface area contributed by atoms with Crippen LogP contribution in [-0.4, -0.2) is 16.9 Å². The summed E-state index contributed by atoms with van der Waals surface area (Å²) in [5.41, 5.74) is 9.14. The minimum Gasteiger partial charge on any atom is -0.348 e. The van der Waals surface area contributed by atoms with Crippen molar-refractivity contribution < 1.29 is 4.79 Å². The molecule has 3 rings (SSSR count). The summed E-state index contributed by atoms with van der Waals surface area (Å²) in [6.45, 7) is 1.98. The number of amides is 1. The zero-order valence-electron chi connectivity index (χ0n) is 10.9. The Morgan fingerprint density at radius 2 is 2.16 bits per heavy atom. The van der Waals surface area contributed by atoms with Crippen molar-refractivity contribution in [2.45, 2.75) is 31.8 Å². The van der Waals surface area contributed by atoms with Gasteiger partial charge in [-0.05, 0) is 37.1 Å². The lowest BCUT2D eigenvalue weighted by Gasteiger charge is -2.30. The summed E-state index contributed by atoms with van der Waals surface area (Å²) in [5.74, 6) is 0.0776. The maximum atomic E-state index is 11.5. The second-order valence-corrected chi connectivity index (χ2v) is 5.15. The predicted molar refractivity (Wildman–Crippen MR) is 74.6 cm³/mol. The van der Waals surface area contributed by atoms with Gasteiger partial charge in [0.15, 0.2) is 0 Å². The van der Waals surface area contributed by atoms with Crippen molar-refractivity contribution in [2.75, 3.05) is 0 Å². The first-order chi connectivity index (χ1) is 9.13. The van der Waals surface area contributed by atoms with E-state index < -0.39 is 0 Å². The third-order valence-corrected chi connectivity index (χ3v) is 3.66. The number of aromatic nitrogens is 1. The molecule has 2 heterocycles. The van der Waals surface area contributed by atoms with Gasteiger partial charge >= 0.3 is 0 Å². The monoisotopic (exact) mass is 255 g/mol. The van der Waals surface area contributed by atoms with Gasteiger partial charge in [0.05, 0.1) is 11.6 Å². The van der Waals surface area contributed by atoms with Crippen molar-refractivity contribution in [1.29, 1.82) is 0 Å². The molecule has 0 bridgehead atoms. The fourth-order valence-corrected chi connectivity index (χ4v) is 2.59. The van der Waals surface area contributed by atoms with Crippen LogP contribution in [0.25, 0.3) is 10.9 Å². The summed E-state index contributed by atoms with van der Waals surface area (Å²) >= 11 is 0. The normalized spacial score (nSPS) is 23.4. The first-order valence-corrected chi connectivity index (χ1v) is 6.56. The Morgan fingerprint density at radius 1 is 1.32 bits per heavy atom. The Bertz CT molecular complexity index is 638. The summed E-state index contributed by atoms with van der Waals surface area (Å²) in [5, 5.41) is 4.05. The minimum absolute atomic E-state index is 0.0199. The summed E-state index contributed by atoms with van der Waals surface area (Å²) in [6.07, 6.45) is 1.26. The van der Waals surface area contributed by atoms with E-state index >= 15 is 0 Å². The van der Waals surface area contributed by atoms with Gasteiger partial charge < -0.3 is 11.1 Å². The van der Waals surface area contributed by atoms with E-state index in [2.05, 4.69) is 22.4 Å². The maximum Gasteiger partial charge on any atom is 0.220 e. The molecule has 1 amide bonds. The molecule has 0 saturated carbocycles. The average molecular weight is 255 g/mol. The number of pyridine rings is 1. The number of rotatable bonds is 1. The average Bonchev–Trinajstić information content (AvgIpc) is 2.41. The molecule has 2 atom stereocenters. The van der Waals surface area contributed by atoms with E-state index in [9.17, 15) is 4.79 Å². The highest BCUT2D eigenvalue weighted by atomic mass is 16.1. The third kappa shape index (κ3) is 2.31. The van der Waals surface area contributed by atoms with E-state index in [0.29, 0.717) is 6.42 Å². The van der Waals surface area contributed by atoms with Crippen LogP contribution in [-0.2, 0) is 4.79 Å². The molecule has 1 fully saturated rings. The number of aryl methyl sites for hydroxylation is 1. The molecule has 4 heteroatoms. The molecule has 0 radical (unpaired) electrons. The maximum absolute atomic E-state index is 11.5. The molecule has 2 aromatic rings. The van der Waals surface area contributed by atoms with E-state index in [1.807, 2.05) is 25.1 Å². The van der Waals surface area contributed by atoms with Crippen LogP contribution in [0, 0.1) is 6.92 Å². The largest absolute Gasteiger partial charge is 0.348 e. The lowest BCUT2D eigenvalue weighted by Crippen LogP contribution is -2.45. The topological polar surface area (TPSA) is 68.0 Å². The number of benzene rings is 1. The Morgan fingerprint density at radius 3 is 3.00 bits per heavy atom. The Kier molecular flexibility index (Phi) is 2.95. The van der Waals surface area contributed by atoms with E-state index in [0.717, 1.165) is 28.6 Å².